The average molecular weight is 521 g/mol. The van der Waals surface area contributed by atoms with Crippen molar-refractivity contribution in [3.63, 3.8) is 0 Å². The molecule has 1 saturated carbocycles. The Balaban J connectivity index is 1.61. The number of nitrogens with zero attached hydrogens (tertiary/aromatic N) is 2. The van der Waals surface area contributed by atoms with E-state index >= 15 is 0 Å². The molecule has 1 aromatic carbocycles. The average Bonchev–Trinajstić information content (AvgIpc) is 3.17. The highest BCUT2D eigenvalue weighted by Gasteiger charge is 2.61. The third-order valence-electron chi connectivity index (χ3n) is 9.40. The zero-order valence-electron chi connectivity index (χ0n) is 22.8. The maximum absolute atomic E-state index is 14.1. The molecule has 38 heavy (non-hydrogen) atoms. The number of ketones is 3. The van der Waals surface area contributed by atoms with E-state index in [1.54, 1.807) is 32.0 Å². The van der Waals surface area contributed by atoms with Crippen LogP contribution in [0.1, 0.15) is 55.6 Å². The van der Waals surface area contributed by atoms with Gasteiger partial charge in [0.15, 0.2) is 17.3 Å². The third kappa shape index (κ3) is 3.53. The first-order chi connectivity index (χ1) is 17.8. The number of phenolic OH excluding ortho intramolecular Hbond substituents is 1. The number of rotatable bonds is 4. The minimum absolute atomic E-state index is 0.106. The Labute approximate surface area is 222 Å². The van der Waals surface area contributed by atoms with Gasteiger partial charge in [-0.25, -0.2) is 0 Å². The molecule has 0 radical (unpaired) electrons. The van der Waals surface area contributed by atoms with Gasteiger partial charge in [-0.3, -0.25) is 24.2 Å². The molecular weight excluding hydrogens is 484 g/mol. The van der Waals surface area contributed by atoms with Crippen molar-refractivity contribution >= 4 is 23.1 Å². The smallest absolute Gasteiger partial charge is 0.179 e. The van der Waals surface area contributed by atoms with Crippen LogP contribution in [0.5, 0.6) is 5.75 Å². The molecular formula is C30H36N2O6. The first-order valence-electron chi connectivity index (χ1n) is 13.2. The predicted molar refractivity (Wildman–Crippen MR) is 143 cm³/mol. The molecule has 1 aromatic rings. The molecule has 8 heteroatoms. The number of allylic oxidation sites excluding steroid dienone is 2. The van der Waals surface area contributed by atoms with Crippen LogP contribution in [0, 0.1) is 17.3 Å². The standard InChI is InChI=1S/C30H36N2O6/c1-14-7-8-15(2)32(14)13-22(34)18-9-10-21(33)24-19(18)11-17-12-20-25(31(5)6)26(35)16(3)28(37)30(20,4)29(38)23(17)27(24)36/h7-10,14-15,17,20,25,33,36-37H,11-13H2,1-6H3/t14?,15?,17?,20-,25?,30-/m0/s1. The van der Waals surface area contributed by atoms with Crippen LogP contribution >= 0.6 is 0 Å². The highest BCUT2D eigenvalue weighted by molar-refractivity contribution is 6.13. The number of carbonyl (C=O) groups is 3. The van der Waals surface area contributed by atoms with Crippen molar-refractivity contribution in [2.45, 2.75) is 58.7 Å². The Hall–Kier alpha value is -3.23. The maximum Gasteiger partial charge on any atom is 0.179 e. The quantitative estimate of drug-likeness (QED) is 0.407. The van der Waals surface area contributed by atoms with E-state index in [9.17, 15) is 29.7 Å². The monoisotopic (exact) mass is 520 g/mol. The summed E-state index contributed by atoms with van der Waals surface area (Å²) in [4.78, 5) is 44.7. The number of fused-ring (bicyclic) bond motifs is 3. The van der Waals surface area contributed by atoms with Gasteiger partial charge in [0, 0.05) is 34.7 Å². The lowest BCUT2D eigenvalue weighted by molar-refractivity contribution is -0.138. The fourth-order valence-corrected chi connectivity index (χ4v) is 7.22. The van der Waals surface area contributed by atoms with Gasteiger partial charge in [0.1, 0.15) is 17.3 Å². The summed E-state index contributed by atoms with van der Waals surface area (Å²) in [7, 11) is 3.57. The van der Waals surface area contributed by atoms with Crippen molar-refractivity contribution in [2.24, 2.45) is 17.3 Å². The first-order valence-corrected chi connectivity index (χ1v) is 13.2. The summed E-state index contributed by atoms with van der Waals surface area (Å²) >= 11 is 0. The second-order valence-corrected chi connectivity index (χ2v) is 11.7. The van der Waals surface area contributed by atoms with Crippen LogP contribution in [0.25, 0.3) is 5.76 Å². The minimum atomic E-state index is -1.39. The predicted octanol–water partition coefficient (Wildman–Crippen LogP) is 3.61. The van der Waals surface area contributed by atoms with Gasteiger partial charge in [0.2, 0.25) is 0 Å². The topological polar surface area (TPSA) is 118 Å². The Bertz CT molecular complexity index is 1340. The molecule has 1 fully saturated rings. The largest absolute Gasteiger partial charge is 0.511 e. The molecule has 0 aromatic heterocycles. The fraction of sp³-hybridized carbons (Fsp3) is 0.500. The number of aliphatic hydroxyl groups is 2. The van der Waals surface area contributed by atoms with E-state index in [2.05, 4.69) is 17.1 Å². The lowest BCUT2D eigenvalue weighted by Gasteiger charge is -2.51. The Morgan fingerprint density at radius 1 is 1.11 bits per heavy atom. The van der Waals surface area contributed by atoms with Gasteiger partial charge in [-0.1, -0.05) is 12.2 Å². The number of hydrogen-bond donors (Lipinski definition) is 3. The third-order valence-corrected chi connectivity index (χ3v) is 9.40. The van der Waals surface area contributed by atoms with Crippen molar-refractivity contribution in [3.05, 3.63) is 57.9 Å². The van der Waals surface area contributed by atoms with Crippen molar-refractivity contribution < 1.29 is 29.7 Å². The molecule has 1 heterocycles. The zero-order valence-corrected chi connectivity index (χ0v) is 22.8. The lowest BCUT2D eigenvalue weighted by Crippen LogP contribution is -2.59. The molecule has 1 aliphatic heterocycles. The van der Waals surface area contributed by atoms with E-state index in [1.165, 1.54) is 13.0 Å². The van der Waals surface area contributed by atoms with Gasteiger partial charge in [-0.2, -0.15) is 0 Å². The normalized spacial score (nSPS) is 33.1. The maximum atomic E-state index is 14.1. The number of phenols is 1. The first kappa shape index (κ1) is 26.4. The van der Waals surface area contributed by atoms with Gasteiger partial charge in [0.05, 0.1) is 23.6 Å². The van der Waals surface area contributed by atoms with Crippen molar-refractivity contribution in [1.29, 1.82) is 0 Å². The molecule has 3 aliphatic carbocycles. The minimum Gasteiger partial charge on any atom is -0.511 e. The second-order valence-electron chi connectivity index (χ2n) is 11.7. The highest BCUT2D eigenvalue weighted by Crippen LogP contribution is 2.56. The Kier molecular flexibility index (Phi) is 6.19. The van der Waals surface area contributed by atoms with E-state index in [1.807, 2.05) is 13.8 Å². The molecule has 3 N–H and O–H groups in total. The molecule has 4 aliphatic rings. The van der Waals surface area contributed by atoms with Gasteiger partial charge >= 0.3 is 0 Å². The van der Waals surface area contributed by atoms with Gasteiger partial charge in [0.25, 0.3) is 0 Å². The Morgan fingerprint density at radius 3 is 2.34 bits per heavy atom. The molecule has 0 bridgehead atoms. The molecule has 4 unspecified atom stereocenters. The summed E-state index contributed by atoms with van der Waals surface area (Å²) < 4.78 is 0. The summed E-state index contributed by atoms with van der Waals surface area (Å²) in [6, 6.07) is 2.60. The van der Waals surface area contributed by atoms with Gasteiger partial charge in [-0.05, 0) is 78.2 Å². The Morgan fingerprint density at radius 2 is 1.74 bits per heavy atom. The number of carbonyl (C=O) groups excluding carboxylic acids is 3. The SMILES string of the molecule is CC1=C(O)[C@@]2(C)C(=O)C3=C(O)c4c(O)ccc(C(=O)CN5C(C)C=CC5C)c4CC3C[C@H]2C(N(C)C)C1=O. The van der Waals surface area contributed by atoms with Gasteiger partial charge < -0.3 is 15.3 Å². The molecule has 202 valence electrons. The van der Waals surface area contributed by atoms with Crippen molar-refractivity contribution in [2.75, 3.05) is 20.6 Å². The fourth-order valence-electron chi connectivity index (χ4n) is 7.22. The van der Waals surface area contributed by atoms with Crippen LogP contribution in [0.3, 0.4) is 0 Å². The van der Waals surface area contributed by atoms with Crippen LogP contribution in [0.4, 0.5) is 0 Å². The highest BCUT2D eigenvalue weighted by atomic mass is 16.3. The summed E-state index contributed by atoms with van der Waals surface area (Å²) in [5, 5.41) is 33.3. The van der Waals surface area contributed by atoms with Crippen LogP contribution in [0.2, 0.25) is 0 Å². The van der Waals surface area contributed by atoms with Crippen LogP contribution in [0.15, 0.2) is 41.2 Å². The van der Waals surface area contributed by atoms with Gasteiger partial charge in [-0.15, -0.1) is 0 Å². The number of likely N-dealkylation sites (N-methyl/N-ethyl adjacent to an activating group) is 1. The van der Waals surface area contributed by atoms with E-state index < -0.39 is 29.1 Å². The van der Waals surface area contributed by atoms with Crippen LogP contribution in [-0.2, 0) is 16.0 Å². The van der Waals surface area contributed by atoms with E-state index in [0.717, 1.165) is 0 Å². The molecule has 6 atom stereocenters. The molecule has 0 amide bonds. The number of Topliss-reactive ketones (excluding diaryl/α,β-unsaturated/α-hetero) is 3. The van der Waals surface area contributed by atoms with Crippen molar-refractivity contribution in [3.8, 4) is 5.75 Å². The molecule has 5 rings (SSSR count). The van der Waals surface area contributed by atoms with Crippen LogP contribution in [-0.4, -0.2) is 81.2 Å². The van der Waals surface area contributed by atoms with E-state index in [-0.39, 0.29) is 70.6 Å². The summed E-state index contributed by atoms with van der Waals surface area (Å²) in [6.45, 7) is 7.41. The van der Waals surface area contributed by atoms with Crippen LogP contribution < -0.4 is 0 Å². The number of aromatic hydroxyl groups is 1. The van der Waals surface area contributed by atoms with E-state index in [4.69, 9.17) is 0 Å². The summed E-state index contributed by atoms with van der Waals surface area (Å²) in [5.41, 5.74) is -0.0473. The number of aliphatic hydroxyl groups excluding tert-OH is 2. The summed E-state index contributed by atoms with van der Waals surface area (Å²) in [6.07, 6.45) is 4.76. The molecule has 8 nitrogen and oxygen atoms in total. The zero-order chi connectivity index (χ0) is 27.8. The number of hydrogen-bond acceptors (Lipinski definition) is 8. The van der Waals surface area contributed by atoms with Crippen molar-refractivity contribution in [1.82, 2.24) is 9.80 Å². The molecule has 0 spiro atoms. The lowest BCUT2D eigenvalue weighted by atomic mass is 9.53. The number of benzene rings is 1. The molecule has 0 saturated heterocycles. The second kappa shape index (κ2) is 8.92. The van der Waals surface area contributed by atoms with E-state index in [0.29, 0.717) is 17.5 Å². The summed E-state index contributed by atoms with van der Waals surface area (Å²) in [5.74, 6) is -2.57.